The summed E-state index contributed by atoms with van der Waals surface area (Å²) >= 11 is 1.36. The number of pyridine rings is 1. The molecule has 0 atom stereocenters. The van der Waals surface area contributed by atoms with Crippen LogP contribution in [-0.4, -0.2) is 77.7 Å². The average molecular weight is 1710 g/mol. The number of para-hydroxylation sites is 5. The number of carbonyl (C=O) groups is 5. The number of thiazole rings is 1. The van der Waals surface area contributed by atoms with Gasteiger partial charge in [-0.3, -0.25) is 29.0 Å². The molecule has 0 fully saturated rings. The number of fused-ring (bicyclic) bond motifs is 5. The van der Waals surface area contributed by atoms with Crippen molar-refractivity contribution in [3.8, 4) is 0 Å². The minimum Gasteiger partial charge on any atom is -0.472 e. The number of aromatic nitrogens is 10. The number of hydrogen-bond acceptors (Lipinski definition) is 14. The van der Waals surface area contributed by atoms with E-state index < -0.39 is 0 Å². The van der Waals surface area contributed by atoms with E-state index in [2.05, 4.69) is 224 Å². The van der Waals surface area contributed by atoms with E-state index in [9.17, 15) is 24.0 Å². The van der Waals surface area contributed by atoms with Crippen LogP contribution in [0.25, 0.3) is 54.5 Å². The number of nitrogens with zero attached hydrogens (tertiary/aromatic N) is 10. The van der Waals surface area contributed by atoms with Gasteiger partial charge in [-0.1, -0.05) is 222 Å². The van der Waals surface area contributed by atoms with Gasteiger partial charge in [0.2, 0.25) is 5.76 Å². The smallest absolute Gasteiger partial charge is 0.294 e. The number of aryl methyl sites for hydroxylation is 7. The van der Waals surface area contributed by atoms with E-state index in [0.29, 0.717) is 34.0 Å². The van der Waals surface area contributed by atoms with Crippen LogP contribution in [-0.2, 0) is 32.7 Å². The van der Waals surface area contributed by atoms with E-state index in [1.807, 2.05) is 160 Å². The molecule has 128 heavy (non-hydrogen) atoms. The number of furan rings is 2. The number of nitrogens with one attached hydrogen (secondary N) is 5. The van der Waals surface area contributed by atoms with Crippen molar-refractivity contribution in [1.82, 2.24) is 48.2 Å². The van der Waals surface area contributed by atoms with Gasteiger partial charge in [0.25, 0.3) is 29.5 Å². The zero-order valence-corrected chi connectivity index (χ0v) is 72.3. The molecule has 5 N–H and O–H groups in total. The largest absolute Gasteiger partial charge is 0.472 e. The molecule has 23 nitrogen and oxygen atoms in total. The first-order chi connectivity index (χ1) is 62.3. The molecule has 5 amide bonds. The third kappa shape index (κ3) is 20.6. The van der Waals surface area contributed by atoms with Gasteiger partial charge in [0, 0.05) is 115 Å². The number of anilines is 5. The predicted octanol–water partition coefficient (Wildman–Crippen LogP) is 22.7. The first-order valence-electron chi connectivity index (χ1n) is 41.6. The SMILES string of the molecule is Cc1ccc(Cn2cc(NC(=O)c3cccnn3)c3ccccc32)cc1.Cc1ccc(Cn2cc(NC(=O)c3ccno3)c3ccccc32)cc1.Cc1ccc(Cn2cc(NC(=O)c3ccoc3)c3ccccc32)cn1.Cc1ccc(Cn2cc(NC(=O)c3ccoc3C)c3ccccc32)cc1.Cc1ccc(Cn2cc(NC(=O)c3scnc3C)c3ccccc32)cc1. The van der Waals surface area contributed by atoms with E-state index in [4.69, 9.17) is 13.4 Å². The number of hydrogen-bond donors (Lipinski definition) is 5. The maximum Gasteiger partial charge on any atom is 0.294 e. The zero-order valence-electron chi connectivity index (χ0n) is 71.4. The summed E-state index contributed by atoms with van der Waals surface area (Å²) in [5, 5.41) is 31.2. The molecule has 636 valence electrons. The van der Waals surface area contributed by atoms with Crippen LogP contribution in [0.5, 0.6) is 0 Å². The van der Waals surface area contributed by atoms with Crippen molar-refractivity contribution in [1.29, 1.82) is 0 Å². The lowest BCUT2D eigenvalue weighted by Gasteiger charge is -2.06. The average Bonchev–Trinajstić information content (AvgIpc) is 1.67. The summed E-state index contributed by atoms with van der Waals surface area (Å²) in [7, 11) is 0. The minimum absolute atomic E-state index is 0.108. The first kappa shape index (κ1) is 85.2. The Morgan fingerprint density at radius 2 is 0.750 bits per heavy atom. The summed E-state index contributed by atoms with van der Waals surface area (Å²) in [6.45, 7) is 17.6. The fourth-order valence-electron chi connectivity index (χ4n) is 15.0. The maximum absolute atomic E-state index is 12.6. The highest BCUT2D eigenvalue weighted by Gasteiger charge is 2.22. The van der Waals surface area contributed by atoms with Crippen LogP contribution in [0.3, 0.4) is 0 Å². The van der Waals surface area contributed by atoms with Crippen molar-refractivity contribution >= 4 is 124 Å². The highest BCUT2D eigenvalue weighted by molar-refractivity contribution is 7.12. The molecule has 11 aromatic heterocycles. The van der Waals surface area contributed by atoms with Crippen molar-refractivity contribution in [2.24, 2.45) is 0 Å². The molecule has 9 aromatic carbocycles. The summed E-state index contributed by atoms with van der Waals surface area (Å²) in [6, 6.07) is 86.5. The van der Waals surface area contributed by atoms with E-state index in [0.717, 1.165) is 126 Å². The monoisotopic (exact) mass is 1710 g/mol. The maximum atomic E-state index is 12.6. The van der Waals surface area contributed by atoms with Crippen molar-refractivity contribution in [3.63, 3.8) is 0 Å². The summed E-state index contributed by atoms with van der Waals surface area (Å²) in [4.78, 5) is 71.4. The third-order valence-electron chi connectivity index (χ3n) is 21.7. The normalized spacial score (nSPS) is 10.9. The first-order valence-corrected chi connectivity index (χ1v) is 42.5. The Kier molecular flexibility index (Phi) is 26.3. The second-order valence-electron chi connectivity index (χ2n) is 31.1. The molecule has 20 rings (SSSR count). The minimum atomic E-state index is -0.310. The van der Waals surface area contributed by atoms with Crippen LogP contribution in [0.2, 0.25) is 0 Å². The van der Waals surface area contributed by atoms with Gasteiger partial charge >= 0.3 is 0 Å². The summed E-state index contributed by atoms with van der Waals surface area (Å²) in [6.07, 6.45) is 19.2. The lowest BCUT2D eigenvalue weighted by Crippen LogP contribution is -2.13. The molecule has 20 aromatic rings. The Balaban J connectivity index is 0.000000117. The van der Waals surface area contributed by atoms with Crippen molar-refractivity contribution < 1.29 is 37.3 Å². The molecule has 0 aliphatic carbocycles. The highest BCUT2D eigenvalue weighted by Crippen LogP contribution is 2.34. The van der Waals surface area contributed by atoms with Gasteiger partial charge in [-0.25, -0.2) is 4.98 Å². The second-order valence-corrected chi connectivity index (χ2v) is 32.0. The number of benzene rings is 9. The van der Waals surface area contributed by atoms with Crippen molar-refractivity contribution in [2.75, 3.05) is 26.6 Å². The molecule has 0 saturated carbocycles. The Labute approximate surface area is 742 Å². The van der Waals surface area contributed by atoms with Gasteiger partial charge in [0.1, 0.15) is 16.9 Å². The van der Waals surface area contributed by atoms with Gasteiger partial charge in [-0.05, 0) is 137 Å². The van der Waals surface area contributed by atoms with Crippen molar-refractivity contribution in [2.45, 2.75) is 81.2 Å². The molecule has 0 spiro atoms. The van der Waals surface area contributed by atoms with E-state index >= 15 is 0 Å². The fraction of sp³-hybridized carbons (Fsp3) is 0.115. The molecule has 0 aliphatic heterocycles. The molecular weight excluding hydrogens is 1620 g/mol. The summed E-state index contributed by atoms with van der Waals surface area (Å²) in [5.74, 6) is -0.222. The Hall–Kier alpha value is -16.3. The number of carbonyl (C=O) groups excluding carboxylic acids is 5. The fourth-order valence-corrected chi connectivity index (χ4v) is 15.7. The molecule has 0 saturated heterocycles. The quantitative estimate of drug-likeness (QED) is 0.0475. The van der Waals surface area contributed by atoms with Crippen LogP contribution in [0, 0.1) is 48.5 Å². The van der Waals surface area contributed by atoms with Crippen LogP contribution in [0.4, 0.5) is 28.4 Å². The summed E-state index contributed by atoms with van der Waals surface area (Å²) < 4.78 is 25.9. The van der Waals surface area contributed by atoms with Crippen LogP contribution in [0.15, 0.2) is 348 Å². The molecule has 0 bridgehead atoms. The Bertz CT molecular complexity index is 6900. The molecule has 0 aliphatic rings. The summed E-state index contributed by atoms with van der Waals surface area (Å²) in [5.41, 5.74) is 25.1. The number of rotatable bonds is 20. The lowest BCUT2D eigenvalue weighted by molar-refractivity contribution is 0.0984. The lowest BCUT2D eigenvalue weighted by atomic mass is 10.1. The van der Waals surface area contributed by atoms with Crippen LogP contribution in [0.1, 0.15) is 119 Å². The molecule has 24 heteroatoms. The zero-order chi connectivity index (χ0) is 88.6. The topological polar surface area (TPSA) is 274 Å². The van der Waals surface area contributed by atoms with E-state index in [-0.39, 0.29) is 35.3 Å². The molecule has 0 radical (unpaired) electrons. The van der Waals surface area contributed by atoms with Crippen LogP contribution >= 0.6 is 11.3 Å². The highest BCUT2D eigenvalue weighted by atomic mass is 32.1. The Morgan fingerprint density at radius 1 is 0.359 bits per heavy atom. The molecule has 0 unspecified atom stereocenters. The molecule has 11 heterocycles. The van der Waals surface area contributed by atoms with Gasteiger partial charge < -0.3 is 62.8 Å². The third-order valence-corrected chi connectivity index (χ3v) is 22.6. The second kappa shape index (κ2) is 39.5. The molecular formula is C104H91N15O8S. The van der Waals surface area contributed by atoms with E-state index in [1.165, 1.54) is 80.8 Å². The Morgan fingerprint density at radius 3 is 1.10 bits per heavy atom. The van der Waals surface area contributed by atoms with Gasteiger partial charge in [-0.15, -0.1) is 16.4 Å². The van der Waals surface area contributed by atoms with Crippen molar-refractivity contribution in [3.05, 3.63) is 429 Å². The number of amides is 5. The van der Waals surface area contributed by atoms with Crippen LogP contribution < -0.4 is 26.6 Å². The van der Waals surface area contributed by atoms with Gasteiger partial charge in [0.15, 0.2) is 5.69 Å². The standard InChI is InChI=1S/C22H20N2O2.C21H18N4O.C21H19N3OS.2C20H17N3O2/c1-15-7-9-17(10-8-15)13-24-14-20(19-5-3-4-6-21(19)24)23-22(25)18-11-12-26-16(18)2;1-15-8-10-16(11-9-15)13-25-14-19(17-5-2-3-7-20(17)25)23-21(26)18-6-4-12-22-24-18;1-14-7-9-16(10-8-14)11-24-12-18(17-5-3-4-6-19(17)24)23-21(25)20-15(2)22-13-26-20;1-14-6-8-15(9-7-14)12-23-13-17(16-4-2-3-5-18(16)23)22-20(24)19-10-11-21-25-19;1-14-6-7-15(10-21-14)11-23-12-18(17-4-2-3-5-19(17)23)22-20(24)16-8-9-25-13-16/h3-12,14H,13H2,1-2H3,(H,23,25);2-12,14H,13H2,1H3,(H,23,26);3-10,12-13H,11H2,1-2H3,(H,23,25);2-11,13H,12H2,1H3,(H,22,24);2-10,12-13H,11H2,1H3,(H,22,24). The van der Waals surface area contributed by atoms with Gasteiger partial charge in [0.05, 0.1) is 97.1 Å². The van der Waals surface area contributed by atoms with Gasteiger partial charge in [-0.2, -0.15) is 5.10 Å². The predicted molar refractivity (Wildman–Crippen MR) is 506 cm³/mol. The van der Waals surface area contributed by atoms with E-state index in [1.54, 1.807) is 49.0 Å².